The number of nitrogens with zero attached hydrogens (tertiary/aromatic N) is 2. The minimum absolute atomic E-state index is 0.162. The number of carbonyl (C=O) groups excluding carboxylic acids is 3. The summed E-state index contributed by atoms with van der Waals surface area (Å²) in [4.78, 5) is 42.8. The highest BCUT2D eigenvalue weighted by Crippen LogP contribution is 2.29. The fourth-order valence-electron chi connectivity index (χ4n) is 2.85. The van der Waals surface area contributed by atoms with Crippen LogP contribution in [0.25, 0.3) is 6.08 Å². The zero-order valence-corrected chi connectivity index (χ0v) is 18.3. The number of amides is 3. The molecule has 2 N–H and O–H groups in total. The first-order valence-corrected chi connectivity index (χ1v) is 10.7. The Balaban J connectivity index is 1.71. The molecule has 0 aliphatic heterocycles. The molecule has 7 nitrogen and oxygen atoms in total. The van der Waals surface area contributed by atoms with Gasteiger partial charge in [0.15, 0.2) is 5.13 Å². The summed E-state index contributed by atoms with van der Waals surface area (Å²) in [6.45, 7) is 5.37. The Hall–Kier alpha value is -4.04. The van der Waals surface area contributed by atoms with Crippen molar-refractivity contribution in [2.75, 3.05) is 16.8 Å². The molecule has 32 heavy (non-hydrogen) atoms. The third-order valence-corrected chi connectivity index (χ3v) is 5.12. The standard InChI is InChI=1S/C24H22N4O3S/c1-3-15-25-23(31)20-11-7-8-12-21(20)27-22(30)14-13-18-16-32-24(26-18)28(17(2)29)19-9-5-4-6-10-19/h3-14,16H,1,15H2,2H3,(H,25,31)(H,27,30)/b14-13+. The van der Waals surface area contributed by atoms with Gasteiger partial charge in [-0.25, -0.2) is 4.98 Å². The topological polar surface area (TPSA) is 91.4 Å². The van der Waals surface area contributed by atoms with Crippen LogP contribution >= 0.6 is 11.3 Å². The van der Waals surface area contributed by atoms with E-state index in [1.165, 1.54) is 29.2 Å². The molecule has 162 valence electrons. The molecule has 0 saturated heterocycles. The molecule has 0 atom stereocenters. The van der Waals surface area contributed by atoms with Crippen LogP contribution in [0.2, 0.25) is 0 Å². The van der Waals surface area contributed by atoms with Gasteiger partial charge >= 0.3 is 0 Å². The lowest BCUT2D eigenvalue weighted by Gasteiger charge is -2.17. The van der Waals surface area contributed by atoms with E-state index in [1.54, 1.807) is 41.8 Å². The number of benzene rings is 2. The predicted octanol–water partition coefficient (Wildman–Crippen LogP) is 4.40. The number of carbonyl (C=O) groups is 3. The Kier molecular flexibility index (Phi) is 7.66. The lowest BCUT2D eigenvalue weighted by Crippen LogP contribution is -2.24. The van der Waals surface area contributed by atoms with Crippen molar-refractivity contribution in [3.8, 4) is 0 Å². The van der Waals surface area contributed by atoms with Crippen molar-refractivity contribution < 1.29 is 14.4 Å². The van der Waals surface area contributed by atoms with Gasteiger partial charge in [-0.05, 0) is 30.3 Å². The van der Waals surface area contributed by atoms with Crippen molar-refractivity contribution in [1.82, 2.24) is 10.3 Å². The number of thiazole rings is 1. The fourth-order valence-corrected chi connectivity index (χ4v) is 3.70. The molecule has 1 aromatic heterocycles. The van der Waals surface area contributed by atoms with Crippen molar-refractivity contribution in [2.24, 2.45) is 0 Å². The molecule has 3 rings (SSSR count). The number of rotatable bonds is 8. The number of hydrogen-bond acceptors (Lipinski definition) is 5. The zero-order chi connectivity index (χ0) is 22.9. The summed E-state index contributed by atoms with van der Waals surface area (Å²) in [5.41, 5.74) is 2.01. The molecule has 1 heterocycles. The number of aromatic nitrogens is 1. The van der Waals surface area contributed by atoms with E-state index in [1.807, 2.05) is 30.3 Å². The summed E-state index contributed by atoms with van der Waals surface area (Å²) in [5, 5.41) is 7.67. The first-order valence-electron chi connectivity index (χ1n) is 9.78. The Morgan fingerprint density at radius 3 is 2.53 bits per heavy atom. The van der Waals surface area contributed by atoms with Crippen LogP contribution in [-0.4, -0.2) is 29.3 Å². The number of hydrogen-bond donors (Lipinski definition) is 2. The van der Waals surface area contributed by atoms with Crippen LogP contribution in [0.15, 0.2) is 78.7 Å². The van der Waals surface area contributed by atoms with Gasteiger partial charge in [0, 0.05) is 24.9 Å². The maximum atomic E-state index is 12.4. The third-order valence-electron chi connectivity index (χ3n) is 4.27. The van der Waals surface area contributed by atoms with E-state index in [9.17, 15) is 14.4 Å². The summed E-state index contributed by atoms with van der Waals surface area (Å²) in [7, 11) is 0. The second-order valence-corrected chi connectivity index (χ2v) is 7.45. The summed E-state index contributed by atoms with van der Waals surface area (Å²) < 4.78 is 0. The predicted molar refractivity (Wildman–Crippen MR) is 128 cm³/mol. The molecule has 8 heteroatoms. The Morgan fingerprint density at radius 1 is 1.09 bits per heavy atom. The minimum atomic E-state index is -0.407. The molecule has 0 bridgehead atoms. The van der Waals surface area contributed by atoms with Gasteiger partial charge in [0.1, 0.15) is 0 Å². The smallest absolute Gasteiger partial charge is 0.253 e. The van der Waals surface area contributed by atoms with Crippen LogP contribution in [0.5, 0.6) is 0 Å². The van der Waals surface area contributed by atoms with E-state index < -0.39 is 5.91 Å². The van der Waals surface area contributed by atoms with Crippen LogP contribution in [0, 0.1) is 0 Å². The van der Waals surface area contributed by atoms with Crippen molar-refractivity contribution in [3.05, 3.63) is 90.0 Å². The maximum absolute atomic E-state index is 12.4. The van der Waals surface area contributed by atoms with Crippen LogP contribution < -0.4 is 15.5 Å². The van der Waals surface area contributed by atoms with Crippen molar-refractivity contribution in [1.29, 1.82) is 0 Å². The second-order valence-electron chi connectivity index (χ2n) is 6.61. The van der Waals surface area contributed by atoms with E-state index in [0.717, 1.165) is 0 Å². The Labute approximate surface area is 190 Å². The van der Waals surface area contributed by atoms with Gasteiger partial charge < -0.3 is 10.6 Å². The molecular formula is C24H22N4O3S. The minimum Gasteiger partial charge on any atom is -0.349 e. The third kappa shape index (κ3) is 5.77. The summed E-state index contributed by atoms with van der Waals surface area (Å²) in [5.74, 6) is -0.876. The monoisotopic (exact) mass is 446 g/mol. The van der Waals surface area contributed by atoms with Gasteiger partial charge in [0.05, 0.1) is 22.6 Å². The summed E-state index contributed by atoms with van der Waals surface area (Å²) in [6.07, 6.45) is 4.46. The molecule has 0 radical (unpaired) electrons. The normalized spacial score (nSPS) is 10.5. The van der Waals surface area contributed by atoms with Gasteiger partial charge in [-0.1, -0.05) is 36.4 Å². The van der Waals surface area contributed by atoms with E-state index in [0.29, 0.717) is 34.3 Å². The van der Waals surface area contributed by atoms with Gasteiger partial charge in [0.2, 0.25) is 11.8 Å². The lowest BCUT2D eigenvalue weighted by atomic mass is 10.1. The highest BCUT2D eigenvalue weighted by molar-refractivity contribution is 7.14. The first-order chi connectivity index (χ1) is 15.5. The molecule has 0 saturated carbocycles. The van der Waals surface area contributed by atoms with Crippen LogP contribution in [-0.2, 0) is 9.59 Å². The lowest BCUT2D eigenvalue weighted by molar-refractivity contribution is -0.116. The quantitative estimate of drug-likeness (QED) is 0.396. The first kappa shape index (κ1) is 22.6. The van der Waals surface area contributed by atoms with Crippen molar-refractivity contribution >= 4 is 51.6 Å². The highest BCUT2D eigenvalue weighted by Gasteiger charge is 2.17. The van der Waals surface area contributed by atoms with Gasteiger partial charge in [-0.2, -0.15) is 0 Å². The van der Waals surface area contributed by atoms with Crippen molar-refractivity contribution in [2.45, 2.75) is 6.92 Å². The number of nitrogens with one attached hydrogen (secondary N) is 2. The molecule has 3 amide bonds. The van der Waals surface area contributed by atoms with E-state index >= 15 is 0 Å². The van der Waals surface area contributed by atoms with E-state index in [2.05, 4.69) is 22.2 Å². The number of anilines is 3. The Morgan fingerprint density at radius 2 is 1.81 bits per heavy atom. The van der Waals surface area contributed by atoms with Crippen molar-refractivity contribution in [3.63, 3.8) is 0 Å². The van der Waals surface area contributed by atoms with Gasteiger partial charge in [-0.3, -0.25) is 19.3 Å². The molecule has 3 aromatic rings. The molecule has 0 spiro atoms. The molecule has 0 aliphatic carbocycles. The SMILES string of the molecule is C=CCNC(=O)c1ccccc1NC(=O)/C=C/c1csc(N(C(C)=O)c2ccccc2)n1. The van der Waals surface area contributed by atoms with Crippen LogP contribution in [0.1, 0.15) is 23.0 Å². The molecule has 2 aromatic carbocycles. The largest absolute Gasteiger partial charge is 0.349 e. The van der Waals surface area contributed by atoms with E-state index in [-0.39, 0.29) is 11.8 Å². The van der Waals surface area contributed by atoms with Crippen LogP contribution in [0.4, 0.5) is 16.5 Å². The number of para-hydroxylation sites is 2. The highest BCUT2D eigenvalue weighted by atomic mass is 32.1. The summed E-state index contributed by atoms with van der Waals surface area (Å²) >= 11 is 1.30. The van der Waals surface area contributed by atoms with Gasteiger partial charge in [-0.15, -0.1) is 17.9 Å². The maximum Gasteiger partial charge on any atom is 0.253 e. The molecule has 0 fully saturated rings. The fraction of sp³-hybridized carbons (Fsp3) is 0.0833. The average molecular weight is 447 g/mol. The van der Waals surface area contributed by atoms with E-state index in [4.69, 9.17) is 0 Å². The molecule has 0 unspecified atom stereocenters. The average Bonchev–Trinajstić information content (AvgIpc) is 3.25. The Bertz CT molecular complexity index is 1150. The molecule has 0 aliphatic rings. The van der Waals surface area contributed by atoms with Gasteiger partial charge in [0.25, 0.3) is 5.91 Å². The molecular weight excluding hydrogens is 424 g/mol. The summed E-state index contributed by atoms with van der Waals surface area (Å²) in [6, 6.07) is 16.0. The van der Waals surface area contributed by atoms with Crippen LogP contribution in [0.3, 0.4) is 0 Å². The second kappa shape index (κ2) is 10.8. The zero-order valence-electron chi connectivity index (χ0n) is 17.4.